The predicted octanol–water partition coefficient (Wildman–Crippen LogP) is 4.55. The van der Waals surface area contributed by atoms with Crippen LogP contribution in [-0.4, -0.2) is 37.1 Å². The molecule has 2 nitrogen and oxygen atoms in total. The first kappa shape index (κ1) is 19.9. The molecule has 2 heteroatoms. The molecule has 0 radical (unpaired) electrons. The van der Waals surface area contributed by atoms with Gasteiger partial charge in [-0.25, -0.2) is 0 Å². The first-order valence-corrected chi connectivity index (χ1v) is 8.79. The smallest absolute Gasteiger partial charge is 0.00501 e. The third-order valence-electron chi connectivity index (χ3n) is 4.32. The molecule has 0 saturated carbocycles. The number of nitrogens with one attached hydrogen (secondary N) is 1. The lowest BCUT2D eigenvalue weighted by Gasteiger charge is -2.37. The second kappa shape index (κ2) is 10.6. The van der Waals surface area contributed by atoms with Crippen molar-refractivity contribution in [1.82, 2.24) is 10.2 Å². The van der Waals surface area contributed by atoms with Crippen LogP contribution in [0, 0.1) is 11.3 Å². The SMILES string of the molecule is CCCCCN(CC(C)(CC)CNCC(C)C)C(C)C. The Kier molecular flexibility index (Phi) is 10.6. The number of rotatable bonds is 12. The molecule has 0 aliphatic heterocycles. The van der Waals surface area contributed by atoms with E-state index in [-0.39, 0.29) is 0 Å². The zero-order valence-corrected chi connectivity index (χ0v) is 15.3. The summed E-state index contributed by atoms with van der Waals surface area (Å²) in [6.07, 6.45) is 5.26. The van der Waals surface area contributed by atoms with E-state index in [0.29, 0.717) is 11.5 Å². The molecule has 0 bridgehead atoms. The van der Waals surface area contributed by atoms with Crippen LogP contribution in [-0.2, 0) is 0 Å². The van der Waals surface area contributed by atoms with Crippen molar-refractivity contribution in [3.05, 3.63) is 0 Å². The summed E-state index contributed by atoms with van der Waals surface area (Å²) in [5, 5.41) is 3.66. The lowest BCUT2D eigenvalue weighted by molar-refractivity contribution is 0.124. The van der Waals surface area contributed by atoms with Crippen LogP contribution in [0.15, 0.2) is 0 Å². The molecule has 0 aliphatic rings. The fourth-order valence-corrected chi connectivity index (χ4v) is 2.53. The average molecular weight is 285 g/mol. The highest BCUT2D eigenvalue weighted by molar-refractivity contribution is 4.81. The van der Waals surface area contributed by atoms with E-state index < -0.39 is 0 Å². The first-order valence-electron chi connectivity index (χ1n) is 8.79. The highest BCUT2D eigenvalue weighted by Gasteiger charge is 2.26. The van der Waals surface area contributed by atoms with E-state index in [1.807, 2.05) is 0 Å². The van der Waals surface area contributed by atoms with Crippen LogP contribution < -0.4 is 5.32 Å². The Morgan fingerprint density at radius 1 is 1.05 bits per heavy atom. The van der Waals surface area contributed by atoms with Gasteiger partial charge in [0.25, 0.3) is 0 Å². The Morgan fingerprint density at radius 2 is 1.70 bits per heavy atom. The van der Waals surface area contributed by atoms with Crippen LogP contribution >= 0.6 is 0 Å². The lowest BCUT2D eigenvalue weighted by Crippen LogP contribution is -2.45. The number of unbranched alkanes of at least 4 members (excludes halogenated alkanes) is 2. The first-order chi connectivity index (χ1) is 9.34. The van der Waals surface area contributed by atoms with Crippen molar-refractivity contribution in [2.24, 2.45) is 11.3 Å². The van der Waals surface area contributed by atoms with Gasteiger partial charge in [-0.3, -0.25) is 0 Å². The van der Waals surface area contributed by atoms with Crippen LogP contribution in [0.25, 0.3) is 0 Å². The van der Waals surface area contributed by atoms with Crippen molar-refractivity contribution in [2.75, 3.05) is 26.2 Å². The summed E-state index contributed by atoms with van der Waals surface area (Å²) in [4.78, 5) is 2.68. The molecule has 0 aliphatic carbocycles. The van der Waals surface area contributed by atoms with Crippen molar-refractivity contribution in [3.63, 3.8) is 0 Å². The van der Waals surface area contributed by atoms with Crippen LogP contribution in [0.1, 0.15) is 74.1 Å². The second-order valence-corrected chi connectivity index (χ2v) is 7.46. The minimum absolute atomic E-state index is 0.394. The van der Waals surface area contributed by atoms with Crippen LogP contribution in [0.4, 0.5) is 0 Å². The molecule has 0 fully saturated rings. The summed E-state index contributed by atoms with van der Waals surface area (Å²) in [5.41, 5.74) is 0.394. The van der Waals surface area contributed by atoms with Gasteiger partial charge in [-0.2, -0.15) is 0 Å². The molecule has 0 amide bonds. The zero-order valence-electron chi connectivity index (χ0n) is 15.3. The van der Waals surface area contributed by atoms with Gasteiger partial charge in [0, 0.05) is 19.1 Å². The molecule has 0 heterocycles. The maximum atomic E-state index is 3.66. The largest absolute Gasteiger partial charge is 0.316 e. The molecule has 0 aromatic heterocycles. The Hall–Kier alpha value is -0.0800. The minimum atomic E-state index is 0.394. The van der Waals surface area contributed by atoms with Gasteiger partial charge in [0.2, 0.25) is 0 Å². The van der Waals surface area contributed by atoms with Gasteiger partial charge < -0.3 is 10.2 Å². The third-order valence-corrected chi connectivity index (χ3v) is 4.32. The molecule has 122 valence electrons. The Bertz CT molecular complexity index is 225. The maximum Gasteiger partial charge on any atom is 0.00501 e. The fraction of sp³-hybridized carbons (Fsp3) is 1.00. The third kappa shape index (κ3) is 8.97. The van der Waals surface area contributed by atoms with Crippen molar-refractivity contribution in [2.45, 2.75) is 80.2 Å². The van der Waals surface area contributed by atoms with Crippen molar-refractivity contribution in [3.8, 4) is 0 Å². The van der Waals surface area contributed by atoms with Gasteiger partial charge in [0.05, 0.1) is 0 Å². The molecule has 20 heavy (non-hydrogen) atoms. The molecule has 0 aromatic rings. The Balaban J connectivity index is 4.36. The van der Waals surface area contributed by atoms with E-state index in [9.17, 15) is 0 Å². The van der Waals surface area contributed by atoms with E-state index in [1.54, 1.807) is 0 Å². The fourth-order valence-electron chi connectivity index (χ4n) is 2.53. The van der Waals surface area contributed by atoms with Gasteiger partial charge in [-0.05, 0) is 51.1 Å². The molecule has 0 saturated heterocycles. The zero-order chi connectivity index (χ0) is 15.6. The highest BCUT2D eigenvalue weighted by Crippen LogP contribution is 2.23. The van der Waals surface area contributed by atoms with E-state index in [0.717, 1.165) is 19.0 Å². The van der Waals surface area contributed by atoms with Crippen molar-refractivity contribution >= 4 is 0 Å². The summed E-state index contributed by atoms with van der Waals surface area (Å²) >= 11 is 0. The van der Waals surface area contributed by atoms with Crippen molar-refractivity contribution < 1.29 is 0 Å². The number of hydrogen-bond acceptors (Lipinski definition) is 2. The van der Waals surface area contributed by atoms with Crippen molar-refractivity contribution in [1.29, 1.82) is 0 Å². The van der Waals surface area contributed by atoms with Gasteiger partial charge in [0.1, 0.15) is 0 Å². The standard InChI is InChI=1S/C18H40N2/c1-8-10-11-12-20(17(5)6)15-18(7,9-2)14-19-13-16(3)4/h16-17,19H,8-15H2,1-7H3. The van der Waals surface area contributed by atoms with Crippen LogP contribution in [0.5, 0.6) is 0 Å². The lowest BCUT2D eigenvalue weighted by atomic mass is 9.86. The summed E-state index contributed by atoms with van der Waals surface area (Å²) in [6.45, 7) is 21.0. The molecule has 1 unspecified atom stereocenters. The van der Waals surface area contributed by atoms with E-state index in [2.05, 4.69) is 58.7 Å². The van der Waals surface area contributed by atoms with Crippen LogP contribution in [0.2, 0.25) is 0 Å². The molecular formula is C18H40N2. The van der Waals surface area contributed by atoms with Gasteiger partial charge in [-0.1, -0.05) is 47.5 Å². The van der Waals surface area contributed by atoms with Gasteiger partial charge in [-0.15, -0.1) is 0 Å². The molecule has 0 rings (SSSR count). The summed E-state index contributed by atoms with van der Waals surface area (Å²) in [5.74, 6) is 0.738. The summed E-state index contributed by atoms with van der Waals surface area (Å²) in [6, 6.07) is 0.655. The van der Waals surface area contributed by atoms with Gasteiger partial charge in [0.15, 0.2) is 0 Å². The molecule has 0 aromatic carbocycles. The van der Waals surface area contributed by atoms with E-state index >= 15 is 0 Å². The molecule has 1 N–H and O–H groups in total. The monoisotopic (exact) mass is 284 g/mol. The van der Waals surface area contributed by atoms with Crippen LogP contribution in [0.3, 0.4) is 0 Å². The second-order valence-electron chi connectivity index (χ2n) is 7.46. The molecule has 1 atom stereocenters. The van der Waals surface area contributed by atoms with E-state index in [1.165, 1.54) is 38.8 Å². The average Bonchev–Trinajstić information content (AvgIpc) is 2.37. The molecular weight excluding hydrogens is 244 g/mol. The Labute approximate surface area is 128 Å². The predicted molar refractivity (Wildman–Crippen MR) is 92.3 cm³/mol. The number of hydrogen-bond donors (Lipinski definition) is 1. The molecule has 0 spiro atoms. The Morgan fingerprint density at radius 3 is 2.15 bits per heavy atom. The summed E-state index contributed by atoms with van der Waals surface area (Å²) in [7, 11) is 0. The van der Waals surface area contributed by atoms with Gasteiger partial charge >= 0.3 is 0 Å². The topological polar surface area (TPSA) is 15.3 Å². The number of nitrogens with zero attached hydrogens (tertiary/aromatic N) is 1. The quantitative estimate of drug-likeness (QED) is 0.529. The normalized spacial score (nSPS) is 15.3. The minimum Gasteiger partial charge on any atom is -0.316 e. The van der Waals surface area contributed by atoms with E-state index in [4.69, 9.17) is 0 Å². The highest BCUT2D eigenvalue weighted by atomic mass is 15.2. The maximum absolute atomic E-state index is 3.66. The summed E-state index contributed by atoms with van der Waals surface area (Å²) < 4.78 is 0.